The lowest BCUT2D eigenvalue weighted by molar-refractivity contribution is -0.138. The highest BCUT2D eigenvalue weighted by atomic mass is 35.5. The first-order chi connectivity index (χ1) is 10.4. The molecule has 4 aliphatic rings. The molecule has 5 rings (SSSR count). The molecule has 2 nitrogen and oxygen atoms in total. The fraction of sp³-hybridized carbons (Fsp3) is 0.611. The van der Waals surface area contributed by atoms with Gasteiger partial charge in [-0.3, -0.25) is 4.79 Å². The Hall–Kier alpha value is -1.09. The molecule has 2 unspecified atom stereocenters. The third-order valence-electron chi connectivity index (χ3n) is 5.90. The van der Waals surface area contributed by atoms with Crippen LogP contribution < -0.4 is 5.32 Å². The molecule has 4 bridgehead atoms. The van der Waals surface area contributed by atoms with Crippen molar-refractivity contribution >= 4 is 23.2 Å². The normalized spacial score (nSPS) is 39.0. The maximum atomic E-state index is 13.7. The average molecular weight is 322 g/mol. The lowest BCUT2D eigenvalue weighted by Crippen LogP contribution is -2.57. The molecule has 0 saturated heterocycles. The topological polar surface area (TPSA) is 29.1 Å². The third kappa shape index (κ3) is 2.25. The minimum Gasteiger partial charge on any atom is -0.326 e. The Balaban J connectivity index is 1.58. The van der Waals surface area contributed by atoms with E-state index < -0.39 is 0 Å². The van der Waals surface area contributed by atoms with Crippen molar-refractivity contribution < 1.29 is 9.18 Å². The molecule has 22 heavy (non-hydrogen) atoms. The number of aryl methyl sites for hydroxylation is 1. The molecular formula is C18H21ClFNO. The number of benzene rings is 1. The monoisotopic (exact) mass is 321 g/mol. The molecule has 4 atom stereocenters. The summed E-state index contributed by atoms with van der Waals surface area (Å²) in [6, 6.07) is 4.88. The van der Waals surface area contributed by atoms with Gasteiger partial charge in [0.25, 0.3) is 0 Å². The van der Waals surface area contributed by atoms with E-state index >= 15 is 0 Å². The second-order valence-electron chi connectivity index (χ2n) is 7.81. The molecule has 1 aromatic carbocycles. The van der Waals surface area contributed by atoms with Gasteiger partial charge in [0.05, 0.1) is 5.41 Å². The summed E-state index contributed by atoms with van der Waals surface area (Å²) in [5.41, 5.74) is 0.799. The minimum atomic E-state index is -0.340. The van der Waals surface area contributed by atoms with Crippen molar-refractivity contribution in [2.45, 2.75) is 50.3 Å². The molecule has 0 heterocycles. The number of amides is 1. The fourth-order valence-electron chi connectivity index (χ4n) is 5.35. The average Bonchev–Trinajstić information content (AvgIpc) is 2.40. The van der Waals surface area contributed by atoms with E-state index in [9.17, 15) is 9.18 Å². The van der Waals surface area contributed by atoms with Gasteiger partial charge in [-0.25, -0.2) is 4.39 Å². The van der Waals surface area contributed by atoms with Crippen molar-refractivity contribution in [1.82, 2.24) is 0 Å². The SMILES string of the molecule is Cc1ccc(NC(=O)C23C[C@@H]4C[C@@H](CC(Cl)(C4)C2)C3)cc1F. The van der Waals surface area contributed by atoms with Crippen LogP contribution >= 0.6 is 11.6 Å². The highest BCUT2D eigenvalue weighted by Gasteiger charge is 2.60. The Labute approximate surface area is 135 Å². The van der Waals surface area contributed by atoms with Gasteiger partial charge in [-0.1, -0.05) is 6.07 Å². The smallest absolute Gasteiger partial charge is 0.230 e. The highest BCUT2D eigenvalue weighted by Crippen LogP contribution is 2.64. The van der Waals surface area contributed by atoms with Gasteiger partial charge < -0.3 is 5.32 Å². The number of carbonyl (C=O) groups is 1. The van der Waals surface area contributed by atoms with Gasteiger partial charge >= 0.3 is 0 Å². The van der Waals surface area contributed by atoms with Crippen LogP contribution in [-0.4, -0.2) is 10.8 Å². The predicted octanol–water partition coefficient (Wildman–Crippen LogP) is 4.65. The number of anilines is 1. The number of carbonyl (C=O) groups excluding carboxylic acids is 1. The molecule has 4 saturated carbocycles. The van der Waals surface area contributed by atoms with Gasteiger partial charge in [-0.2, -0.15) is 0 Å². The van der Waals surface area contributed by atoms with E-state index in [1.54, 1.807) is 19.1 Å². The summed E-state index contributed by atoms with van der Waals surface area (Å²) in [5.74, 6) is 0.922. The van der Waals surface area contributed by atoms with Crippen LogP contribution in [0.2, 0.25) is 0 Å². The maximum Gasteiger partial charge on any atom is 0.230 e. The molecule has 118 valence electrons. The minimum absolute atomic E-state index is 0.0369. The Morgan fingerprint density at radius 1 is 1.27 bits per heavy atom. The van der Waals surface area contributed by atoms with Crippen LogP contribution in [0.3, 0.4) is 0 Å². The number of hydrogen-bond donors (Lipinski definition) is 1. The number of halogens is 2. The van der Waals surface area contributed by atoms with Crippen molar-refractivity contribution in [3.05, 3.63) is 29.6 Å². The molecule has 4 fully saturated rings. The Morgan fingerprint density at radius 2 is 1.95 bits per heavy atom. The molecule has 1 N–H and O–H groups in total. The molecule has 1 amide bonds. The summed E-state index contributed by atoms with van der Waals surface area (Å²) in [7, 11) is 0. The van der Waals surface area contributed by atoms with Crippen LogP contribution in [0.1, 0.15) is 44.1 Å². The van der Waals surface area contributed by atoms with Crippen LogP contribution in [0.25, 0.3) is 0 Å². The van der Waals surface area contributed by atoms with E-state index in [-0.39, 0.29) is 22.0 Å². The summed E-state index contributed by atoms with van der Waals surface area (Å²) in [5, 5.41) is 2.95. The number of nitrogens with one attached hydrogen (secondary N) is 1. The molecular weight excluding hydrogens is 301 g/mol. The predicted molar refractivity (Wildman–Crippen MR) is 85.5 cm³/mol. The molecule has 4 heteroatoms. The summed E-state index contributed by atoms with van der Waals surface area (Å²) >= 11 is 6.77. The van der Waals surface area contributed by atoms with E-state index in [4.69, 9.17) is 11.6 Å². The molecule has 0 radical (unpaired) electrons. The first-order valence-electron chi connectivity index (χ1n) is 8.14. The Morgan fingerprint density at radius 3 is 2.55 bits per heavy atom. The summed E-state index contributed by atoms with van der Waals surface area (Å²) in [4.78, 5) is 12.7. The fourth-order valence-corrected chi connectivity index (χ4v) is 6.04. The van der Waals surface area contributed by atoms with Crippen LogP contribution in [-0.2, 0) is 4.79 Å². The van der Waals surface area contributed by atoms with Crippen molar-refractivity contribution in [2.24, 2.45) is 17.3 Å². The standard InChI is InChI=1S/C18H21ClFNO/c1-11-2-3-14(5-15(11)20)21-16(22)17-6-12-4-13(7-17)9-18(19,8-12)10-17/h2-3,5,12-13H,4,6-10H2,1H3,(H,21,22)/t12-,13+,17?,18?. The quantitative estimate of drug-likeness (QED) is 0.789. The van der Waals surface area contributed by atoms with Crippen LogP contribution in [0.15, 0.2) is 18.2 Å². The van der Waals surface area contributed by atoms with Gasteiger partial charge in [0.2, 0.25) is 5.91 Å². The summed E-state index contributed by atoms with van der Waals surface area (Å²) in [6.45, 7) is 1.72. The lowest BCUT2D eigenvalue weighted by atomic mass is 9.49. The number of rotatable bonds is 2. The van der Waals surface area contributed by atoms with Gasteiger partial charge in [-0.15, -0.1) is 11.6 Å². The van der Waals surface area contributed by atoms with Crippen molar-refractivity contribution in [2.75, 3.05) is 5.32 Å². The summed E-state index contributed by atoms with van der Waals surface area (Å²) in [6.07, 6.45) is 5.99. The molecule has 0 aliphatic heterocycles. The Kier molecular flexibility index (Phi) is 3.10. The van der Waals surface area contributed by atoms with E-state index in [1.807, 2.05) is 0 Å². The van der Waals surface area contributed by atoms with Gasteiger partial charge in [0, 0.05) is 10.6 Å². The van der Waals surface area contributed by atoms with Gasteiger partial charge in [-0.05, 0) is 75.0 Å². The van der Waals surface area contributed by atoms with Crippen LogP contribution in [0.5, 0.6) is 0 Å². The van der Waals surface area contributed by atoms with E-state index in [0.29, 0.717) is 23.1 Å². The zero-order valence-electron chi connectivity index (χ0n) is 12.8. The number of hydrogen-bond acceptors (Lipinski definition) is 1. The third-order valence-corrected chi connectivity index (χ3v) is 6.34. The van der Waals surface area contributed by atoms with Gasteiger partial charge in [0.15, 0.2) is 0 Å². The first-order valence-corrected chi connectivity index (χ1v) is 8.52. The van der Waals surface area contributed by atoms with Crippen molar-refractivity contribution in [1.29, 1.82) is 0 Å². The van der Waals surface area contributed by atoms with E-state index in [0.717, 1.165) is 32.1 Å². The number of alkyl halides is 1. The second kappa shape index (κ2) is 4.70. The Bertz CT molecular complexity index is 630. The van der Waals surface area contributed by atoms with Crippen molar-refractivity contribution in [3.8, 4) is 0 Å². The van der Waals surface area contributed by atoms with Crippen molar-refractivity contribution in [3.63, 3.8) is 0 Å². The maximum absolute atomic E-state index is 13.7. The molecule has 0 aromatic heterocycles. The summed E-state index contributed by atoms with van der Waals surface area (Å²) < 4.78 is 13.7. The van der Waals surface area contributed by atoms with Gasteiger partial charge in [0.1, 0.15) is 5.82 Å². The largest absolute Gasteiger partial charge is 0.326 e. The zero-order valence-corrected chi connectivity index (χ0v) is 13.5. The second-order valence-corrected chi connectivity index (χ2v) is 8.61. The van der Waals surface area contributed by atoms with E-state index in [1.165, 1.54) is 12.5 Å². The van der Waals surface area contributed by atoms with Crippen LogP contribution in [0, 0.1) is 30.0 Å². The van der Waals surface area contributed by atoms with E-state index in [2.05, 4.69) is 5.32 Å². The molecule has 4 aliphatic carbocycles. The lowest BCUT2D eigenvalue weighted by Gasteiger charge is -2.59. The molecule has 1 aromatic rings. The zero-order chi connectivity index (χ0) is 15.5. The first kappa shape index (κ1) is 14.5. The highest BCUT2D eigenvalue weighted by molar-refractivity contribution is 6.24. The van der Waals surface area contributed by atoms with Crippen LogP contribution in [0.4, 0.5) is 10.1 Å². The molecule has 0 spiro atoms.